The second kappa shape index (κ2) is 7.43. The minimum Gasteiger partial charge on any atom is -0.347 e. The van der Waals surface area contributed by atoms with E-state index in [4.69, 9.17) is 11.6 Å². The molecule has 1 aliphatic rings. The van der Waals surface area contributed by atoms with Crippen LogP contribution in [0.3, 0.4) is 0 Å². The molecule has 1 unspecified atom stereocenters. The fourth-order valence-electron chi connectivity index (χ4n) is 2.60. The summed E-state index contributed by atoms with van der Waals surface area (Å²) in [7, 11) is -3.10. The summed E-state index contributed by atoms with van der Waals surface area (Å²) < 4.78 is 22.9. The monoisotopic (exact) mass is 393 g/mol. The zero-order valence-corrected chi connectivity index (χ0v) is 15.2. The summed E-state index contributed by atoms with van der Waals surface area (Å²) in [6.45, 7) is 0. The van der Waals surface area contributed by atoms with Crippen LogP contribution in [0.2, 0.25) is 5.02 Å². The van der Waals surface area contributed by atoms with Crippen LogP contribution in [0, 0.1) is 0 Å². The Labute approximate surface area is 155 Å². The minimum atomic E-state index is -3.10. The summed E-state index contributed by atoms with van der Waals surface area (Å²) in [6, 6.07) is 10.8. The highest BCUT2D eigenvalue weighted by atomic mass is 35.5. The van der Waals surface area contributed by atoms with Crippen molar-refractivity contribution >= 4 is 38.9 Å². The Morgan fingerprint density at radius 2 is 1.73 bits per heavy atom. The molecule has 2 N–H and O–H groups in total. The van der Waals surface area contributed by atoms with Gasteiger partial charge in [-0.1, -0.05) is 29.8 Å². The quantitative estimate of drug-likeness (QED) is 0.825. The molecule has 136 valence electrons. The maximum Gasteiger partial charge on any atom is 0.274 e. The molecule has 0 aliphatic carbocycles. The fourth-order valence-corrected chi connectivity index (χ4v) is 4.46. The van der Waals surface area contributed by atoms with Crippen molar-refractivity contribution in [1.82, 2.24) is 10.3 Å². The molecule has 0 bridgehead atoms. The molecule has 1 atom stereocenters. The molecule has 9 heteroatoms. The predicted octanol–water partition coefficient (Wildman–Crippen LogP) is 1.90. The molecule has 26 heavy (non-hydrogen) atoms. The summed E-state index contributed by atoms with van der Waals surface area (Å²) in [5, 5.41) is 5.66. The van der Waals surface area contributed by atoms with Crippen LogP contribution in [0.15, 0.2) is 42.5 Å². The third-order valence-corrected chi connectivity index (χ3v) is 6.00. The molecule has 1 aromatic heterocycles. The number of carbonyl (C=O) groups excluding carboxylic acids is 2. The number of hydrogen-bond donors (Lipinski definition) is 2. The molecule has 1 aliphatic heterocycles. The van der Waals surface area contributed by atoms with Crippen molar-refractivity contribution in [3.05, 3.63) is 58.9 Å². The number of carbonyl (C=O) groups is 2. The molecule has 2 aromatic rings. The number of aromatic nitrogens is 1. The Kier molecular flexibility index (Phi) is 5.24. The van der Waals surface area contributed by atoms with Gasteiger partial charge in [0, 0.05) is 6.04 Å². The molecule has 3 rings (SSSR count). The maximum absolute atomic E-state index is 12.3. The molecule has 1 saturated heterocycles. The summed E-state index contributed by atoms with van der Waals surface area (Å²) in [5.74, 6) is -1.03. The van der Waals surface area contributed by atoms with Crippen LogP contribution in [-0.2, 0) is 9.84 Å². The molecule has 7 nitrogen and oxygen atoms in total. The van der Waals surface area contributed by atoms with Gasteiger partial charge in [-0.05, 0) is 30.7 Å². The van der Waals surface area contributed by atoms with Gasteiger partial charge in [0.15, 0.2) is 9.84 Å². The van der Waals surface area contributed by atoms with Gasteiger partial charge in [0.05, 0.1) is 22.2 Å². The Hall–Kier alpha value is -2.45. The number of sulfone groups is 1. The number of nitrogens with one attached hydrogen (secondary N) is 2. The van der Waals surface area contributed by atoms with Crippen LogP contribution in [0.5, 0.6) is 0 Å². The predicted molar refractivity (Wildman–Crippen MR) is 98.2 cm³/mol. The average molecular weight is 394 g/mol. The van der Waals surface area contributed by atoms with Crippen LogP contribution < -0.4 is 10.6 Å². The highest BCUT2D eigenvalue weighted by Gasteiger charge is 2.29. The number of benzene rings is 1. The highest BCUT2D eigenvalue weighted by Crippen LogP contribution is 2.21. The molecular formula is C17H16ClN3O4S. The third-order valence-electron chi connectivity index (χ3n) is 3.90. The van der Waals surface area contributed by atoms with Gasteiger partial charge in [0.1, 0.15) is 11.4 Å². The highest BCUT2D eigenvalue weighted by molar-refractivity contribution is 7.91. The van der Waals surface area contributed by atoms with Gasteiger partial charge >= 0.3 is 0 Å². The van der Waals surface area contributed by atoms with E-state index in [2.05, 4.69) is 15.6 Å². The lowest BCUT2D eigenvalue weighted by Crippen LogP contribution is -2.36. The van der Waals surface area contributed by atoms with E-state index in [1.165, 1.54) is 18.2 Å². The summed E-state index contributed by atoms with van der Waals surface area (Å²) in [6.07, 6.45) is 0.376. The van der Waals surface area contributed by atoms with E-state index in [-0.39, 0.29) is 22.9 Å². The molecule has 0 radical (unpaired) electrons. The van der Waals surface area contributed by atoms with E-state index in [9.17, 15) is 18.0 Å². The number of nitrogens with zero attached hydrogens (tertiary/aromatic N) is 1. The SMILES string of the molecule is O=C(Nc1ccccc1Cl)c1cccc(C(=O)NC2CCS(=O)(=O)C2)n1. The van der Waals surface area contributed by atoms with Crippen LogP contribution in [0.4, 0.5) is 5.69 Å². The Bertz CT molecular complexity index is 962. The van der Waals surface area contributed by atoms with E-state index in [1.54, 1.807) is 24.3 Å². The van der Waals surface area contributed by atoms with Crippen LogP contribution in [-0.4, -0.2) is 42.8 Å². The molecule has 0 saturated carbocycles. The second-order valence-corrected chi connectivity index (χ2v) is 8.55. The van der Waals surface area contributed by atoms with Crippen LogP contribution >= 0.6 is 11.6 Å². The lowest BCUT2D eigenvalue weighted by molar-refractivity contribution is 0.0936. The first kappa shape index (κ1) is 18.3. The van der Waals surface area contributed by atoms with Gasteiger partial charge in [-0.2, -0.15) is 0 Å². The van der Waals surface area contributed by atoms with Gasteiger partial charge in [0.25, 0.3) is 11.8 Å². The number of rotatable bonds is 4. The number of halogens is 1. The van der Waals surface area contributed by atoms with E-state index < -0.39 is 27.7 Å². The van der Waals surface area contributed by atoms with Crippen LogP contribution in [0.25, 0.3) is 0 Å². The van der Waals surface area contributed by atoms with Crippen molar-refractivity contribution in [2.24, 2.45) is 0 Å². The number of hydrogen-bond acceptors (Lipinski definition) is 5. The lowest BCUT2D eigenvalue weighted by atomic mass is 10.2. The third kappa shape index (κ3) is 4.39. The molecular weight excluding hydrogens is 378 g/mol. The zero-order valence-electron chi connectivity index (χ0n) is 13.6. The van der Waals surface area contributed by atoms with E-state index >= 15 is 0 Å². The molecule has 2 amide bonds. The lowest BCUT2D eigenvalue weighted by Gasteiger charge is -2.11. The number of para-hydroxylation sites is 1. The van der Waals surface area contributed by atoms with Crippen molar-refractivity contribution in [2.75, 3.05) is 16.8 Å². The van der Waals surface area contributed by atoms with E-state index in [0.29, 0.717) is 17.1 Å². The first-order chi connectivity index (χ1) is 12.3. The van der Waals surface area contributed by atoms with E-state index in [1.807, 2.05) is 0 Å². The Balaban J connectivity index is 1.70. The minimum absolute atomic E-state index is 0.0427. The summed E-state index contributed by atoms with van der Waals surface area (Å²) >= 11 is 6.01. The Morgan fingerprint density at radius 1 is 1.04 bits per heavy atom. The summed E-state index contributed by atoms with van der Waals surface area (Å²) in [5.41, 5.74) is 0.532. The largest absolute Gasteiger partial charge is 0.347 e. The number of amides is 2. The van der Waals surface area contributed by atoms with Crippen molar-refractivity contribution in [1.29, 1.82) is 0 Å². The zero-order chi connectivity index (χ0) is 18.7. The fraction of sp³-hybridized carbons (Fsp3) is 0.235. The van der Waals surface area contributed by atoms with Gasteiger partial charge in [-0.15, -0.1) is 0 Å². The molecule has 0 spiro atoms. The average Bonchev–Trinajstić information content (AvgIpc) is 2.95. The van der Waals surface area contributed by atoms with Crippen molar-refractivity contribution < 1.29 is 18.0 Å². The standard InChI is InChI=1S/C17H16ClN3O4S/c18-12-4-1-2-5-13(12)21-17(23)15-7-3-6-14(20-15)16(22)19-11-8-9-26(24,25)10-11/h1-7,11H,8-10H2,(H,19,22)(H,21,23). The number of anilines is 1. The summed E-state index contributed by atoms with van der Waals surface area (Å²) in [4.78, 5) is 28.7. The maximum atomic E-state index is 12.3. The van der Waals surface area contributed by atoms with Gasteiger partial charge in [0.2, 0.25) is 0 Å². The van der Waals surface area contributed by atoms with Gasteiger partial charge in [-0.25, -0.2) is 13.4 Å². The van der Waals surface area contributed by atoms with Gasteiger partial charge < -0.3 is 10.6 Å². The first-order valence-electron chi connectivity index (χ1n) is 7.88. The van der Waals surface area contributed by atoms with Crippen molar-refractivity contribution in [3.63, 3.8) is 0 Å². The first-order valence-corrected chi connectivity index (χ1v) is 10.1. The Morgan fingerprint density at radius 3 is 2.38 bits per heavy atom. The second-order valence-electron chi connectivity index (χ2n) is 5.92. The molecule has 2 heterocycles. The van der Waals surface area contributed by atoms with Gasteiger partial charge in [-0.3, -0.25) is 9.59 Å². The molecule has 1 aromatic carbocycles. The van der Waals surface area contributed by atoms with Crippen LogP contribution in [0.1, 0.15) is 27.4 Å². The van der Waals surface area contributed by atoms with Crippen molar-refractivity contribution in [2.45, 2.75) is 12.5 Å². The van der Waals surface area contributed by atoms with E-state index in [0.717, 1.165) is 0 Å². The normalized spacial score (nSPS) is 18.3. The molecule has 1 fully saturated rings. The smallest absolute Gasteiger partial charge is 0.274 e. The topological polar surface area (TPSA) is 105 Å². The van der Waals surface area contributed by atoms with Crippen molar-refractivity contribution in [3.8, 4) is 0 Å². The number of pyridine rings is 1.